The molecule has 0 aliphatic carbocycles. The minimum absolute atomic E-state index is 0.174. The summed E-state index contributed by atoms with van der Waals surface area (Å²) in [6.45, 7) is 5.51. The van der Waals surface area contributed by atoms with Gasteiger partial charge in [-0.1, -0.05) is 30.3 Å². The molecule has 0 atom stereocenters. The highest BCUT2D eigenvalue weighted by Gasteiger charge is 2.21. The van der Waals surface area contributed by atoms with Crippen LogP contribution in [-0.2, 0) is 11.3 Å². The van der Waals surface area contributed by atoms with Gasteiger partial charge in [0.15, 0.2) is 0 Å². The lowest BCUT2D eigenvalue weighted by molar-refractivity contribution is -0.133. The Bertz CT molecular complexity index is 414. The van der Waals surface area contributed by atoms with Crippen LogP contribution in [0.5, 0.6) is 0 Å². The predicted molar refractivity (Wildman–Crippen MR) is 79.2 cm³/mol. The van der Waals surface area contributed by atoms with Gasteiger partial charge in [0.25, 0.3) is 0 Å². The van der Waals surface area contributed by atoms with Crippen molar-refractivity contribution < 1.29 is 9.90 Å². The molecule has 1 aromatic carbocycles. The van der Waals surface area contributed by atoms with Crippen LogP contribution < -0.4 is 0 Å². The summed E-state index contributed by atoms with van der Waals surface area (Å²) in [6, 6.07) is 10.1. The third-order valence-corrected chi connectivity index (χ3v) is 3.87. The van der Waals surface area contributed by atoms with Gasteiger partial charge < -0.3 is 10.0 Å². The van der Waals surface area contributed by atoms with E-state index in [0.29, 0.717) is 13.1 Å². The summed E-state index contributed by atoms with van der Waals surface area (Å²) < 4.78 is 0. The number of benzene rings is 1. The maximum atomic E-state index is 12.4. The molecule has 1 aliphatic heterocycles. The fraction of sp³-hybridized carbons (Fsp3) is 0.562. The minimum atomic E-state index is -0.187. The van der Waals surface area contributed by atoms with E-state index in [1.807, 2.05) is 42.2 Å². The standard InChI is InChI=1S/C16H24N2O2/c1-2-18(12-14-6-4-3-5-7-14)16(20)13-17-10-8-15(19)9-11-17/h3-7,15,19H,2,8-13H2,1H3. The first-order valence-electron chi connectivity index (χ1n) is 7.41. The van der Waals surface area contributed by atoms with Gasteiger partial charge >= 0.3 is 0 Å². The van der Waals surface area contributed by atoms with E-state index in [0.717, 1.165) is 38.0 Å². The zero-order chi connectivity index (χ0) is 14.4. The summed E-state index contributed by atoms with van der Waals surface area (Å²) in [5, 5.41) is 9.49. The second-order valence-electron chi connectivity index (χ2n) is 5.40. The van der Waals surface area contributed by atoms with Crippen molar-refractivity contribution in [3.05, 3.63) is 35.9 Å². The zero-order valence-electron chi connectivity index (χ0n) is 12.2. The molecule has 2 rings (SSSR count). The first-order chi connectivity index (χ1) is 9.69. The van der Waals surface area contributed by atoms with Gasteiger partial charge in [0.05, 0.1) is 12.6 Å². The Morgan fingerprint density at radius 1 is 1.30 bits per heavy atom. The normalized spacial score (nSPS) is 17.1. The van der Waals surface area contributed by atoms with Crippen molar-refractivity contribution in [1.29, 1.82) is 0 Å². The number of hydrogen-bond donors (Lipinski definition) is 1. The van der Waals surface area contributed by atoms with Crippen LogP contribution in [0.4, 0.5) is 0 Å². The average Bonchev–Trinajstić information content (AvgIpc) is 2.48. The van der Waals surface area contributed by atoms with Crippen LogP contribution in [0.15, 0.2) is 30.3 Å². The number of aliphatic hydroxyl groups is 1. The number of carbonyl (C=O) groups excluding carboxylic acids is 1. The molecule has 0 bridgehead atoms. The van der Waals surface area contributed by atoms with Crippen LogP contribution in [0.2, 0.25) is 0 Å². The highest BCUT2D eigenvalue weighted by Crippen LogP contribution is 2.11. The number of likely N-dealkylation sites (tertiary alicyclic amines) is 1. The Hall–Kier alpha value is -1.39. The van der Waals surface area contributed by atoms with Crippen molar-refractivity contribution in [2.75, 3.05) is 26.2 Å². The summed E-state index contributed by atoms with van der Waals surface area (Å²) in [7, 11) is 0. The summed E-state index contributed by atoms with van der Waals surface area (Å²) in [5.41, 5.74) is 1.16. The molecular formula is C16H24N2O2. The summed E-state index contributed by atoms with van der Waals surface area (Å²) >= 11 is 0. The quantitative estimate of drug-likeness (QED) is 0.886. The Balaban J connectivity index is 1.86. The van der Waals surface area contributed by atoms with Gasteiger partial charge in [-0.15, -0.1) is 0 Å². The minimum Gasteiger partial charge on any atom is -0.393 e. The van der Waals surface area contributed by atoms with E-state index < -0.39 is 0 Å². The van der Waals surface area contributed by atoms with Crippen LogP contribution in [-0.4, -0.2) is 53.1 Å². The number of hydrogen-bond acceptors (Lipinski definition) is 3. The topological polar surface area (TPSA) is 43.8 Å². The van der Waals surface area contributed by atoms with E-state index in [9.17, 15) is 9.90 Å². The molecule has 110 valence electrons. The Morgan fingerprint density at radius 2 is 1.95 bits per heavy atom. The molecule has 20 heavy (non-hydrogen) atoms. The fourth-order valence-corrected chi connectivity index (χ4v) is 2.55. The Labute approximate surface area is 121 Å². The van der Waals surface area contributed by atoms with Gasteiger partial charge in [-0.25, -0.2) is 0 Å². The van der Waals surface area contributed by atoms with Crippen molar-refractivity contribution in [2.24, 2.45) is 0 Å². The number of carbonyl (C=O) groups is 1. The number of rotatable bonds is 5. The monoisotopic (exact) mass is 276 g/mol. The van der Waals surface area contributed by atoms with Crippen molar-refractivity contribution in [2.45, 2.75) is 32.4 Å². The number of aliphatic hydroxyl groups excluding tert-OH is 1. The molecule has 1 aliphatic rings. The van der Waals surface area contributed by atoms with E-state index in [2.05, 4.69) is 4.90 Å². The van der Waals surface area contributed by atoms with E-state index >= 15 is 0 Å². The molecule has 0 spiro atoms. The first kappa shape index (κ1) is 15.0. The van der Waals surface area contributed by atoms with Crippen LogP contribution in [0.3, 0.4) is 0 Å². The van der Waals surface area contributed by atoms with Crippen LogP contribution in [0, 0.1) is 0 Å². The van der Waals surface area contributed by atoms with Crippen molar-refractivity contribution >= 4 is 5.91 Å². The maximum absolute atomic E-state index is 12.4. The van der Waals surface area contributed by atoms with Gasteiger partial charge in [0, 0.05) is 26.2 Å². The van der Waals surface area contributed by atoms with Crippen molar-refractivity contribution in [3.63, 3.8) is 0 Å². The Kier molecular flexibility index (Phi) is 5.56. The smallest absolute Gasteiger partial charge is 0.237 e. The third-order valence-electron chi connectivity index (χ3n) is 3.87. The van der Waals surface area contributed by atoms with E-state index in [4.69, 9.17) is 0 Å². The summed E-state index contributed by atoms with van der Waals surface area (Å²) in [6.07, 6.45) is 1.36. The summed E-state index contributed by atoms with van der Waals surface area (Å²) in [5.74, 6) is 0.174. The average molecular weight is 276 g/mol. The van der Waals surface area contributed by atoms with E-state index in [1.165, 1.54) is 0 Å². The molecule has 0 saturated carbocycles. The van der Waals surface area contributed by atoms with E-state index in [1.54, 1.807) is 0 Å². The Morgan fingerprint density at radius 3 is 2.55 bits per heavy atom. The molecule has 0 radical (unpaired) electrons. The van der Waals surface area contributed by atoms with Gasteiger partial charge in [-0.2, -0.15) is 0 Å². The fourth-order valence-electron chi connectivity index (χ4n) is 2.55. The van der Waals surface area contributed by atoms with Gasteiger partial charge in [0.2, 0.25) is 5.91 Å². The molecule has 1 fully saturated rings. The number of piperidine rings is 1. The zero-order valence-corrected chi connectivity index (χ0v) is 12.2. The molecule has 0 unspecified atom stereocenters. The van der Waals surface area contributed by atoms with Crippen LogP contribution in [0.25, 0.3) is 0 Å². The summed E-state index contributed by atoms with van der Waals surface area (Å²) in [4.78, 5) is 16.4. The van der Waals surface area contributed by atoms with Gasteiger partial charge in [-0.05, 0) is 25.3 Å². The number of likely N-dealkylation sites (N-methyl/N-ethyl adjacent to an activating group) is 1. The predicted octanol–water partition coefficient (Wildman–Crippen LogP) is 1.49. The third kappa shape index (κ3) is 4.32. The SMILES string of the molecule is CCN(Cc1ccccc1)C(=O)CN1CCC(O)CC1. The van der Waals surface area contributed by atoms with Crippen molar-refractivity contribution in [1.82, 2.24) is 9.80 Å². The van der Waals surface area contributed by atoms with Crippen LogP contribution in [0.1, 0.15) is 25.3 Å². The molecule has 1 aromatic rings. The van der Waals surface area contributed by atoms with Crippen molar-refractivity contribution in [3.8, 4) is 0 Å². The first-order valence-corrected chi connectivity index (χ1v) is 7.41. The molecular weight excluding hydrogens is 252 g/mol. The van der Waals surface area contributed by atoms with Gasteiger partial charge in [0.1, 0.15) is 0 Å². The van der Waals surface area contributed by atoms with Gasteiger partial charge in [-0.3, -0.25) is 9.69 Å². The van der Waals surface area contributed by atoms with E-state index in [-0.39, 0.29) is 12.0 Å². The molecule has 4 heteroatoms. The second kappa shape index (κ2) is 7.41. The highest BCUT2D eigenvalue weighted by atomic mass is 16.3. The lowest BCUT2D eigenvalue weighted by Gasteiger charge is -2.31. The lowest BCUT2D eigenvalue weighted by atomic mass is 10.1. The number of nitrogens with zero attached hydrogens (tertiary/aromatic N) is 2. The molecule has 1 saturated heterocycles. The molecule has 4 nitrogen and oxygen atoms in total. The number of amides is 1. The highest BCUT2D eigenvalue weighted by molar-refractivity contribution is 5.78. The second-order valence-corrected chi connectivity index (χ2v) is 5.40. The van der Waals surface area contributed by atoms with Crippen LogP contribution >= 0.6 is 0 Å². The lowest BCUT2D eigenvalue weighted by Crippen LogP contribution is -2.44. The molecule has 1 amide bonds. The molecule has 0 aromatic heterocycles. The maximum Gasteiger partial charge on any atom is 0.237 e. The molecule has 1 heterocycles. The molecule has 1 N–H and O–H groups in total. The largest absolute Gasteiger partial charge is 0.393 e.